The molecule has 0 aliphatic heterocycles. The number of para-hydroxylation sites is 1. The van der Waals surface area contributed by atoms with Gasteiger partial charge in [-0.2, -0.15) is 0 Å². The Labute approximate surface area is 98.5 Å². The first-order valence-electron chi connectivity index (χ1n) is 3.22. The third-order valence-electron chi connectivity index (χ3n) is 1.15. The average molecular weight is 411 g/mol. The Kier molecular flexibility index (Phi) is 10.8. The SMILES string of the molecule is Br.CCNc1ccccc1.[PbH2]. The van der Waals surface area contributed by atoms with E-state index in [1.807, 2.05) is 18.2 Å². The van der Waals surface area contributed by atoms with E-state index in [9.17, 15) is 0 Å². The van der Waals surface area contributed by atoms with Crippen LogP contribution in [-0.2, 0) is 0 Å². The standard InChI is InChI=1S/C8H11N.BrH.Pb.2H/c1-2-9-8-6-4-3-5-7-8;;;;/h3-7,9H,2H2,1H3;1H;;;. The molecule has 0 aromatic heterocycles. The molecule has 0 aliphatic rings. The molecule has 62 valence electrons. The van der Waals surface area contributed by atoms with Crippen LogP contribution in [0, 0.1) is 0 Å². The van der Waals surface area contributed by atoms with E-state index >= 15 is 0 Å². The molecule has 1 rings (SSSR count). The normalized spacial score (nSPS) is 7.36. The van der Waals surface area contributed by atoms with Gasteiger partial charge in [-0.05, 0) is 19.1 Å². The van der Waals surface area contributed by atoms with Crippen LogP contribution >= 0.6 is 17.0 Å². The maximum atomic E-state index is 3.21. The van der Waals surface area contributed by atoms with Gasteiger partial charge in [0, 0.05) is 12.2 Å². The molecule has 1 aromatic carbocycles. The van der Waals surface area contributed by atoms with Gasteiger partial charge in [0.05, 0.1) is 0 Å². The molecule has 0 unspecified atom stereocenters. The van der Waals surface area contributed by atoms with Crippen molar-refractivity contribution in [3.05, 3.63) is 30.3 Å². The maximum absolute atomic E-state index is 3.21. The molecule has 2 radical (unpaired) electrons. The summed E-state index contributed by atoms with van der Waals surface area (Å²) in [6.07, 6.45) is 0. The molecule has 0 saturated heterocycles. The second-order valence-corrected chi connectivity index (χ2v) is 1.90. The summed E-state index contributed by atoms with van der Waals surface area (Å²) in [5.41, 5.74) is 1.19. The van der Waals surface area contributed by atoms with Crippen molar-refractivity contribution < 1.29 is 0 Å². The number of nitrogens with one attached hydrogen (secondary N) is 1. The van der Waals surface area contributed by atoms with Gasteiger partial charge >= 0.3 is 27.3 Å². The van der Waals surface area contributed by atoms with Crippen molar-refractivity contribution in [3.63, 3.8) is 0 Å². The van der Waals surface area contributed by atoms with Gasteiger partial charge in [-0.3, -0.25) is 0 Å². The van der Waals surface area contributed by atoms with Crippen LogP contribution in [0.4, 0.5) is 5.69 Å². The molecule has 1 N–H and O–H groups in total. The fourth-order valence-electron chi connectivity index (χ4n) is 0.760. The number of anilines is 1. The van der Waals surface area contributed by atoms with Gasteiger partial charge in [0.2, 0.25) is 0 Å². The number of benzene rings is 1. The Morgan fingerprint density at radius 3 is 2.18 bits per heavy atom. The van der Waals surface area contributed by atoms with Crippen LogP contribution < -0.4 is 5.32 Å². The monoisotopic (exact) mass is 411 g/mol. The Morgan fingerprint density at radius 2 is 1.73 bits per heavy atom. The topological polar surface area (TPSA) is 12.0 Å². The average Bonchev–Trinajstić information content (AvgIpc) is 1.91. The fourth-order valence-corrected chi connectivity index (χ4v) is 0.760. The number of hydrogen-bond acceptors (Lipinski definition) is 1. The number of halogens is 1. The van der Waals surface area contributed by atoms with Crippen LogP contribution in [0.25, 0.3) is 0 Å². The first-order valence-corrected chi connectivity index (χ1v) is 3.22. The molecule has 0 spiro atoms. The Morgan fingerprint density at radius 1 is 1.18 bits per heavy atom. The molecule has 0 fully saturated rings. The predicted molar refractivity (Wildman–Crippen MR) is 59.5 cm³/mol. The predicted octanol–water partition coefficient (Wildman–Crippen LogP) is 1.78. The Hall–Kier alpha value is 0.422. The second kappa shape index (κ2) is 8.52. The van der Waals surface area contributed by atoms with E-state index in [4.69, 9.17) is 0 Å². The van der Waals surface area contributed by atoms with Gasteiger partial charge < -0.3 is 5.32 Å². The zero-order valence-electron chi connectivity index (χ0n) is 6.71. The van der Waals surface area contributed by atoms with E-state index in [2.05, 4.69) is 24.4 Å². The van der Waals surface area contributed by atoms with Crippen molar-refractivity contribution in [2.75, 3.05) is 11.9 Å². The van der Waals surface area contributed by atoms with Gasteiger partial charge in [-0.25, -0.2) is 0 Å². The molecule has 0 aliphatic carbocycles. The van der Waals surface area contributed by atoms with Gasteiger partial charge in [0.1, 0.15) is 0 Å². The summed E-state index contributed by atoms with van der Waals surface area (Å²) in [6, 6.07) is 10.2. The van der Waals surface area contributed by atoms with Gasteiger partial charge in [0.25, 0.3) is 0 Å². The number of rotatable bonds is 2. The molecule has 1 nitrogen and oxygen atoms in total. The van der Waals surface area contributed by atoms with E-state index in [1.54, 1.807) is 0 Å². The van der Waals surface area contributed by atoms with Crippen molar-refractivity contribution >= 4 is 50.0 Å². The first-order chi connectivity index (χ1) is 4.43. The Bertz CT molecular complexity index is 167. The molecular weight excluding hydrogens is 397 g/mol. The van der Waals surface area contributed by atoms with Crippen LogP contribution in [0.5, 0.6) is 0 Å². The molecule has 3 heteroatoms. The van der Waals surface area contributed by atoms with E-state index in [0.717, 1.165) is 6.54 Å². The zero-order chi connectivity index (χ0) is 6.53. The molecular formula is C8H14BrNPb. The summed E-state index contributed by atoms with van der Waals surface area (Å²) in [7, 11) is 0. The Balaban J connectivity index is 0. The summed E-state index contributed by atoms with van der Waals surface area (Å²) in [4.78, 5) is 0. The molecule has 0 atom stereocenters. The van der Waals surface area contributed by atoms with E-state index < -0.39 is 0 Å². The minimum atomic E-state index is 0. The van der Waals surface area contributed by atoms with Gasteiger partial charge in [0.15, 0.2) is 0 Å². The fraction of sp³-hybridized carbons (Fsp3) is 0.250. The third-order valence-corrected chi connectivity index (χ3v) is 1.15. The van der Waals surface area contributed by atoms with E-state index in [1.165, 1.54) is 5.69 Å². The van der Waals surface area contributed by atoms with Crippen molar-refractivity contribution in [1.29, 1.82) is 0 Å². The molecule has 0 amide bonds. The van der Waals surface area contributed by atoms with Gasteiger partial charge in [-0.15, -0.1) is 17.0 Å². The first kappa shape index (κ1) is 14.0. The summed E-state index contributed by atoms with van der Waals surface area (Å²) < 4.78 is 0. The quantitative estimate of drug-likeness (QED) is 0.732. The number of hydrogen-bond donors (Lipinski definition) is 1. The summed E-state index contributed by atoms with van der Waals surface area (Å²) in [5.74, 6) is 0. The van der Waals surface area contributed by atoms with Crippen LogP contribution in [0.1, 0.15) is 6.92 Å². The van der Waals surface area contributed by atoms with Crippen LogP contribution in [0.3, 0.4) is 0 Å². The third kappa shape index (κ3) is 5.67. The molecule has 0 bridgehead atoms. The van der Waals surface area contributed by atoms with Crippen molar-refractivity contribution in [2.45, 2.75) is 6.92 Å². The van der Waals surface area contributed by atoms with E-state index in [-0.39, 0.29) is 44.3 Å². The summed E-state index contributed by atoms with van der Waals surface area (Å²) in [6.45, 7) is 3.08. The minimum absolute atomic E-state index is 0. The van der Waals surface area contributed by atoms with Crippen LogP contribution in [0.15, 0.2) is 30.3 Å². The summed E-state index contributed by atoms with van der Waals surface area (Å²) >= 11 is 0. The van der Waals surface area contributed by atoms with Crippen molar-refractivity contribution in [3.8, 4) is 0 Å². The van der Waals surface area contributed by atoms with Crippen molar-refractivity contribution in [1.82, 2.24) is 0 Å². The molecule has 0 saturated carbocycles. The molecule has 11 heavy (non-hydrogen) atoms. The zero-order valence-corrected chi connectivity index (χ0v) is 13.9. The molecule has 1 aromatic rings. The van der Waals surface area contributed by atoms with Gasteiger partial charge in [-0.1, -0.05) is 18.2 Å². The second-order valence-electron chi connectivity index (χ2n) is 1.90. The van der Waals surface area contributed by atoms with Crippen LogP contribution in [0.2, 0.25) is 0 Å². The van der Waals surface area contributed by atoms with Crippen molar-refractivity contribution in [2.24, 2.45) is 0 Å². The van der Waals surface area contributed by atoms with E-state index in [0.29, 0.717) is 0 Å². The molecule has 0 heterocycles. The van der Waals surface area contributed by atoms with Crippen LogP contribution in [-0.4, -0.2) is 33.8 Å². The summed E-state index contributed by atoms with van der Waals surface area (Å²) in [5, 5.41) is 3.21.